The van der Waals surface area contributed by atoms with Crippen LogP contribution >= 0.6 is 0 Å². The minimum Gasteiger partial charge on any atom is -0.315 e. The third kappa shape index (κ3) is 4.21. The number of likely N-dealkylation sites (N-methyl/N-ethyl adjacent to an activating group) is 1. The van der Waals surface area contributed by atoms with Gasteiger partial charge in [0, 0.05) is 12.1 Å². The molecule has 2 fully saturated rings. The van der Waals surface area contributed by atoms with Crippen molar-refractivity contribution in [1.29, 1.82) is 0 Å². The molecule has 2 heteroatoms. The lowest BCUT2D eigenvalue weighted by atomic mass is 9.79. The van der Waals surface area contributed by atoms with Gasteiger partial charge in [-0.25, -0.2) is 0 Å². The Bertz CT molecular complexity index is 287. The first-order valence-electron chi connectivity index (χ1n) is 8.97. The summed E-state index contributed by atoms with van der Waals surface area (Å²) in [6, 6.07) is 1.52. The van der Waals surface area contributed by atoms with Crippen molar-refractivity contribution in [3.05, 3.63) is 0 Å². The van der Waals surface area contributed by atoms with Crippen molar-refractivity contribution in [2.45, 2.75) is 84.2 Å². The molecule has 2 nitrogen and oxygen atoms in total. The number of likely N-dealkylation sites (tertiary alicyclic amines) is 1. The molecule has 1 aliphatic carbocycles. The Labute approximate surface area is 126 Å². The predicted molar refractivity (Wildman–Crippen MR) is 88.1 cm³/mol. The summed E-state index contributed by atoms with van der Waals surface area (Å²) in [5.41, 5.74) is 0.557. The maximum Gasteiger partial charge on any atom is 0.0251 e. The summed E-state index contributed by atoms with van der Waals surface area (Å²) in [6.07, 6.45) is 11.2. The van der Waals surface area contributed by atoms with Gasteiger partial charge in [-0.05, 0) is 70.0 Å². The summed E-state index contributed by atoms with van der Waals surface area (Å²) in [7, 11) is 2.17. The molecule has 0 amide bonds. The Morgan fingerprint density at radius 1 is 1.15 bits per heavy atom. The molecule has 1 saturated heterocycles. The standard InChI is InChI=1S/C18H36N2/c1-5-7-15-8-9-16(19-4)17(14-15)20-12-6-10-18(2,3)11-13-20/h15-17,19H,5-14H2,1-4H3. The van der Waals surface area contributed by atoms with Crippen molar-refractivity contribution in [1.82, 2.24) is 10.2 Å². The summed E-state index contributed by atoms with van der Waals surface area (Å²) in [5, 5.41) is 3.61. The zero-order valence-electron chi connectivity index (χ0n) is 14.3. The highest BCUT2D eigenvalue weighted by Crippen LogP contribution is 2.35. The monoisotopic (exact) mass is 280 g/mol. The molecular formula is C18H36N2. The molecule has 2 rings (SSSR count). The second-order valence-electron chi connectivity index (χ2n) is 7.98. The van der Waals surface area contributed by atoms with E-state index in [1.165, 1.54) is 64.5 Å². The SMILES string of the molecule is CCCC1CCC(NC)C(N2CCCC(C)(C)CC2)C1. The summed E-state index contributed by atoms with van der Waals surface area (Å²) >= 11 is 0. The molecule has 3 unspecified atom stereocenters. The highest BCUT2D eigenvalue weighted by molar-refractivity contribution is 4.92. The number of hydrogen-bond acceptors (Lipinski definition) is 2. The van der Waals surface area contributed by atoms with Crippen molar-refractivity contribution in [2.75, 3.05) is 20.1 Å². The van der Waals surface area contributed by atoms with Crippen LogP contribution in [0.15, 0.2) is 0 Å². The normalized spacial score (nSPS) is 35.7. The van der Waals surface area contributed by atoms with Crippen molar-refractivity contribution in [3.8, 4) is 0 Å². The minimum atomic E-state index is 0.557. The van der Waals surface area contributed by atoms with Crippen molar-refractivity contribution in [2.24, 2.45) is 11.3 Å². The Balaban J connectivity index is 1.99. The molecule has 118 valence electrons. The van der Waals surface area contributed by atoms with Crippen LogP contribution in [0, 0.1) is 11.3 Å². The Kier molecular flexibility index (Phi) is 5.92. The number of nitrogens with one attached hydrogen (secondary N) is 1. The van der Waals surface area contributed by atoms with Crippen LogP contribution < -0.4 is 5.32 Å². The highest BCUT2D eigenvalue weighted by atomic mass is 15.2. The Morgan fingerprint density at radius 3 is 2.65 bits per heavy atom. The van der Waals surface area contributed by atoms with Crippen LogP contribution in [0.4, 0.5) is 0 Å². The van der Waals surface area contributed by atoms with E-state index in [-0.39, 0.29) is 0 Å². The average Bonchev–Trinajstić information content (AvgIpc) is 2.60. The predicted octanol–water partition coefficient (Wildman–Crippen LogP) is 4.06. The second-order valence-corrected chi connectivity index (χ2v) is 7.98. The Morgan fingerprint density at radius 2 is 1.95 bits per heavy atom. The molecule has 0 radical (unpaired) electrons. The van der Waals surface area contributed by atoms with Gasteiger partial charge in [-0.2, -0.15) is 0 Å². The minimum absolute atomic E-state index is 0.557. The van der Waals surface area contributed by atoms with E-state index in [0.29, 0.717) is 5.41 Å². The molecule has 0 bridgehead atoms. The second kappa shape index (κ2) is 7.26. The van der Waals surface area contributed by atoms with Gasteiger partial charge in [0.25, 0.3) is 0 Å². The van der Waals surface area contributed by atoms with E-state index in [1.54, 1.807) is 0 Å². The van der Waals surface area contributed by atoms with Crippen molar-refractivity contribution >= 4 is 0 Å². The molecule has 0 spiro atoms. The van der Waals surface area contributed by atoms with E-state index < -0.39 is 0 Å². The van der Waals surface area contributed by atoms with Crippen LogP contribution in [0.1, 0.15) is 72.1 Å². The van der Waals surface area contributed by atoms with Gasteiger partial charge in [0.2, 0.25) is 0 Å². The van der Waals surface area contributed by atoms with Crippen LogP contribution in [-0.2, 0) is 0 Å². The van der Waals surface area contributed by atoms with Crippen molar-refractivity contribution in [3.63, 3.8) is 0 Å². The average molecular weight is 280 g/mol. The fraction of sp³-hybridized carbons (Fsp3) is 1.00. The zero-order chi connectivity index (χ0) is 14.6. The van der Waals surface area contributed by atoms with E-state index in [9.17, 15) is 0 Å². The van der Waals surface area contributed by atoms with Gasteiger partial charge >= 0.3 is 0 Å². The topological polar surface area (TPSA) is 15.3 Å². The quantitative estimate of drug-likeness (QED) is 0.835. The third-order valence-corrected chi connectivity index (χ3v) is 5.84. The molecule has 0 aromatic heterocycles. The van der Waals surface area contributed by atoms with Crippen LogP contribution in [-0.4, -0.2) is 37.1 Å². The molecule has 20 heavy (non-hydrogen) atoms. The summed E-state index contributed by atoms with van der Waals surface area (Å²) in [4.78, 5) is 2.83. The van der Waals surface area contributed by atoms with Gasteiger partial charge in [0.05, 0.1) is 0 Å². The molecule has 1 saturated carbocycles. The van der Waals surface area contributed by atoms with E-state index in [0.717, 1.165) is 18.0 Å². The van der Waals surface area contributed by atoms with Crippen molar-refractivity contribution < 1.29 is 0 Å². The van der Waals surface area contributed by atoms with Gasteiger partial charge in [-0.1, -0.05) is 33.6 Å². The third-order valence-electron chi connectivity index (χ3n) is 5.84. The van der Waals surface area contributed by atoms with Crippen LogP contribution in [0.2, 0.25) is 0 Å². The van der Waals surface area contributed by atoms with E-state index in [4.69, 9.17) is 0 Å². The highest BCUT2D eigenvalue weighted by Gasteiger charge is 2.35. The maximum atomic E-state index is 3.61. The fourth-order valence-corrected chi connectivity index (χ4v) is 4.42. The van der Waals surface area contributed by atoms with Gasteiger partial charge in [0.1, 0.15) is 0 Å². The summed E-state index contributed by atoms with van der Waals surface area (Å²) < 4.78 is 0. The van der Waals surface area contributed by atoms with E-state index in [2.05, 4.69) is 38.0 Å². The van der Waals surface area contributed by atoms with Gasteiger partial charge in [0.15, 0.2) is 0 Å². The number of hydrogen-bond donors (Lipinski definition) is 1. The smallest absolute Gasteiger partial charge is 0.0251 e. The Hall–Kier alpha value is -0.0800. The molecule has 0 aromatic carbocycles. The molecule has 1 aliphatic heterocycles. The molecule has 1 heterocycles. The number of nitrogens with zero attached hydrogens (tertiary/aromatic N) is 1. The van der Waals surface area contributed by atoms with Crippen LogP contribution in [0.5, 0.6) is 0 Å². The first kappa shape index (κ1) is 16.3. The molecule has 1 N–H and O–H groups in total. The molecule has 3 atom stereocenters. The van der Waals surface area contributed by atoms with Gasteiger partial charge < -0.3 is 5.32 Å². The van der Waals surface area contributed by atoms with E-state index in [1.807, 2.05) is 0 Å². The van der Waals surface area contributed by atoms with Crippen LogP contribution in [0.3, 0.4) is 0 Å². The lowest BCUT2D eigenvalue weighted by Crippen LogP contribution is -2.52. The van der Waals surface area contributed by atoms with Gasteiger partial charge in [-0.15, -0.1) is 0 Å². The first-order valence-corrected chi connectivity index (χ1v) is 8.97. The lowest BCUT2D eigenvalue weighted by Gasteiger charge is -2.42. The summed E-state index contributed by atoms with van der Waals surface area (Å²) in [5.74, 6) is 0.978. The first-order chi connectivity index (χ1) is 9.55. The maximum absolute atomic E-state index is 3.61. The van der Waals surface area contributed by atoms with Gasteiger partial charge in [-0.3, -0.25) is 4.90 Å². The lowest BCUT2D eigenvalue weighted by molar-refractivity contribution is 0.0970. The zero-order valence-corrected chi connectivity index (χ0v) is 14.3. The fourth-order valence-electron chi connectivity index (χ4n) is 4.42. The molecular weight excluding hydrogens is 244 g/mol. The summed E-state index contributed by atoms with van der Waals surface area (Å²) in [6.45, 7) is 9.88. The molecule has 2 aliphatic rings. The van der Waals surface area contributed by atoms with E-state index >= 15 is 0 Å². The largest absolute Gasteiger partial charge is 0.315 e. The molecule has 0 aromatic rings. The van der Waals surface area contributed by atoms with Crippen LogP contribution in [0.25, 0.3) is 0 Å². The number of rotatable bonds is 4.